The minimum absolute atomic E-state index is 0.278. The molecule has 0 atom stereocenters. The first kappa shape index (κ1) is 22.6. The van der Waals surface area contributed by atoms with E-state index in [1.54, 1.807) is 18.3 Å². The van der Waals surface area contributed by atoms with Gasteiger partial charge in [0.25, 0.3) is 0 Å². The number of benzene rings is 2. The Morgan fingerprint density at radius 3 is 2.44 bits per heavy atom. The molecule has 0 unspecified atom stereocenters. The van der Waals surface area contributed by atoms with Gasteiger partial charge in [0.1, 0.15) is 5.82 Å². The second-order valence-corrected chi connectivity index (χ2v) is 9.48. The van der Waals surface area contributed by atoms with E-state index in [4.69, 9.17) is 0 Å². The Kier molecular flexibility index (Phi) is 6.26. The number of nitrogens with zero attached hydrogens (tertiary/aromatic N) is 5. The lowest BCUT2D eigenvalue weighted by Crippen LogP contribution is -2.24. The molecule has 0 saturated carbocycles. The van der Waals surface area contributed by atoms with Crippen molar-refractivity contribution in [2.45, 2.75) is 32.2 Å². The number of pyridine rings is 2. The molecule has 3 aromatic heterocycles. The molecule has 6 heteroatoms. The Balaban J connectivity index is 1.25. The Labute approximate surface area is 210 Å². The Hall–Kier alpha value is -3.90. The first-order valence-electron chi connectivity index (χ1n) is 12.6. The van der Waals surface area contributed by atoms with Gasteiger partial charge < -0.3 is 0 Å². The highest BCUT2D eigenvalue weighted by molar-refractivity contribution is 5.85. The zero-order valence-corrected chi connectivity index (χ0v) is 20.1. The van der Waals surface area contributed by atoms with E-state index in [0.717, 1.165) is 34.3 Å². The first-order valence-corrected chi connectivity index (χ1v) is 12.6. The summed E-state index contributed by atoms with van der Waals surface area (Å²) in [5.74, 6) is -0.278. The predicted octanol–water partition coefficient (Wildman–Crippen LogP) is 6.66. The van der Waals surface area contributed by atoms with Crippen LogP contribution >= 0.6 is 0 Å². The molecule has 36 heavy (non-hydrogen) atoms. The minimum atomic E-state index is -0.278. The van der Waals surface area contributed by atoms with E-state index in [1.165, 1.54) is 50.4 Å². The van der Waals surface area contributed by atoms with Crippen molar-refractivity contribution < 1.29 is 4.39 Å². The van der Waals surface area contributed by atoms with Gasteiger partial charge in [0.2, 0.25) is 0 Å². The molecule has 5 nitrogen and oxygen atoms in total. The van der Waals surface area contributed by atoms with Crippen LogP contribution in [0.15, 0.2) is 85.5 Å². The highest BCUT2D eigenvalue weighted by Gasteiger charge is 2.12. The van der Waals surface area contributed by atoms with Crippen LogP contribution in [0.1, 0.15) is 31.2 Å². The molecule has 0 radical (unpaired) electrons. The standard InChI is InChI=1S/C30H28FN5/c31-28-8-4-3-7-27(28)29-11-10-26(20-33-29)36-30-12-9-23(16-25(30)19-34-36)24-15-22(17-32-18-24)21-35-13-5-1-2-6-14-35/h3-4,7-12,15-20H,1-2,5-6,13-14,21H2. The summed E-state index contributed by atoms with van der Waals surface area (Å²) in [6.45, 7) is 3.30. The number of aromatic nitrogens is 4. The summed E-state index contributed by atoms with van der Waals surface area (Å²) in [7, 11) is 0. The van der Waals surface area contributed by atoms with Crippen molar-refractivity contribution in [3.63, 3.8) is 0 Å². The summed E-state index contributed by atoms with van der Waals surface area (Å²) in [5.41, 5.74) is 6.42. The highest BCUT2D eigenvalue weighted by Crippen LogP contribution is 2.27. The van der Waals surface area contributed by atoms with Crippen molar-refractivity contribution in [1.29, 1.82) is 0 Å². The molecule has 1 saturated heterocycles. The van der Waals surface area contributed by atoms with Crippen molar-refractivity contribution in [3.05, 3.63) is 96.8 Å². The molecule has 0 N–H and O–H groups in total. The minimum Gasteiger partial charge on any atom is -0.299 e. The average molecular weight is 478 g/mol. The van der Waals surface area contributed by atoms with Gasteiger partial charge in [-0.15, -0.1) is 0 Å². The third kappa shape index (κ3) is 4.64. The van der Waals surface area contributed by atoms with E-state index in [2.05, 4.69) is 44.2 Å². The van der Waals surface area contributed by atoms with Gasteiger partial charge in [-0.1, -0.05) is 31.0 Å². The lowest BCUT2D eigenvalue weighted by atomic mass is 10.0. The van der Waals surface area contributed by atoms with Gasteiger partial charge in [0, 0.05) is 35.5 Å². The van der Waals surface area contributed by atoms with Crippen LogP contribution in [0.3, 0.4) is 0 Å². The van der Waals surface area contributed by atoms with Gasteiger partial charge in [-0.05, 0) is 79.5 Å². The zero-order chi connectivity index (χ0) is 24.3. The van der Waals surface area contributed by atoms with Gasteiger partial charge in [0.05, 0.1) is 29.3 Å². The van der Waals surface area contributed by atoms with Gasteiger partial charge in [-0.3, -0.25) is 14.9 Å². The number of hydrogen-bond donors (Lipinski definition) is 0. The maximum absolute atomic E-state index is 14.1. The third-order valence-electron chi connectivity index (χ3n) is 6.94. The Bertz CT molecular complexity index is 1480. The van der Waals surface area contributed by atoms with Gasteiger partial charge in [-0.2, -0.15) is 5.10 Å². The van der Waals surface area contributed by atoms with Crippen LogP contribution in [0, 0.1) is 5.82 Å². The molecule has 2 aromatic carbocycles. The molecule has 1 aliphatic rings. The van der Waals surface area contributed by atoms with Crippen LogP contribution in [0.4, 0.5) is 4.39 Å². The topological polar surface area (TPSA) is 46.8 Å². The molecule has 0 spiro atoms. The summed E-state index contributed by atoms with van der Waals surface area (Å²) in [4.78, 5) is 11.6. The van der Waals surface area contributed by atoms with Crippen molar-refractivity contribution >= 4 is 10.9 Å². The molecule has 0 aliphatic carbocycles. The molecule has 180 valence electrons. The number of likely N-dealkylation sites (tertiary alicyclic amines) is 1. The summed E-state index contributed by atoms with van der Waals surface area (Å²) in [6.07, 6.45) is 12.8. The molecular weight excluding hydrogens is 449 g/mol. The molecule has 4 heterocycles. The van der Waals surface area contributed by atoms with Crippen LogP contribution in [0.5, 0.6) is 0 Å². The number of fused-ring (bicyclic) bond motifs is 1. The Morgan fingerprint density at radius 1 is 0.778 bits per heavy atom. The lowest BCUT2D eigenvalue weighted by molar-refractivity contribution is 0.277. The van der Waals surface area contributed by atoms with Gasteiger partial charge in [0.15, 0.2) is 0 Å². The second-order valence-electron chi connectivity index (χ2n) is 9.48. The van der Waals surface area contributed by atoms with Crippen LogP contribution in [0.25, 0.3) is 39.0 Å². The largest absolute Gasteiger partial charge is 0.299 e. The molecule has 1 aliphatic heterocycles. The molecule has 0 bridgehead atoms. The number of rotatable bonds is 5. The maximum Gasteiger partial charge on any atom is 0.132 e. The van der Waals surface area contributed by atoms with E-state index < -0.39 is 0 Å². The molecule has 0 amide bonds. The molecule has 1 fully saturated rings. The predicted molar refractivity (Wildman–Crippen MR) is 141 cm³/mol. The SMILES string of the molecule is Fc1ccccc1-c1ccc(-n2ncc3cc(-c4cncc(CN5CCCCCC5)c4)ccc32)cn1. The van der Waals surface area contributed by atoms with E-state index in [-0.39, 0.29) is 5.82 Å². The second kappa shape index (κ2) is 9.99. The monoisotopic (exact) mass is 477 g/mol. The quantitative estimate of drug-likeness (QED) is 0.284. The number of halogens is 1. The lowest BCUT2D eigenvalue weighted by Gasteiger charge is -2.19. The van der Waals surface area contributed by atoms with E-state index in [0.29, 0.717) is 11.3 Å². The highest BCUT2D eigenvalue weighted by atomic mass is 19.1. The fourth-order valence-electron chi connectivity index (χ4n) is 5.04. The van der Waals surface area contributed by atoms with E-state index >= 15 is 0 Å². The summed E-state index contributed by atoms with van der Waals surface area (Å²) >= 11 is 0. The fraction of sp³-hybridized carbons (Fsp3) is 0.233. The van der Waals surface area contributed by atoms with E-state index in [9.17, 15) is 4.39 Å². The smallest absolute Gasteiger partial charge is 0.132 e. The first-order chi connectivity index (χ1) is 17.7. The summed E-state index contributed by atoms with van der Waals surface area (Å²) in [6, 6.07) is 19.1. The normalized spacial score (nSPS) is 14.7. The van der Waals surface area contributed by atoms with Crippen LogP contribution in [-0.4, -0.2) is 37.7 Å². The van der Waals surface area contributed by atoms with Crippen LogP contribution < -0.4 is 0 Å². The van der Waals surface area contributed by atoms with Crippen molar-refractivity contribution in [2.24, 2.45) is 0 Å². The van der Waals surface area contributed by atoms with Gasteiger partial charge in [-0.25, -0.2) is 9.07 Å². The zero-order valence-electron chi connectivity index (χ0n) is 20.1. The van der Waals surface area contributed by atoms with Gasteiger partial charge >= 0.3 is 0 Å². The van der Waals surface area contributed by atoms with Crippen LogP contribution in [-0.2, 0) is 6.54 Å². The number of hydrogen-bond acceptors (Lipinski definition) is 4. The maximum atomic E-state index is 14.1. The molecule has 5 aromatic rings. The van der Waals surface area contributed by atoms with Crippen molar-refractivity contribution in [3.8, 4) is 28.1 Å². The summed E-state index contributed by atoms with van der Waals surface area (Å²) in [5, 5.41) is 5.65. The Morgan fingerprint density at radius 2 is 1.64 bits per heavy atom. The summed E-state index contributed by atoms with van der Waals surface area (Å²) < 4.78 is 16.0. The average Bonchev–Trinajstić information content (AvgIpc) is 3.17. The third-order valence-corrected chi connectivity index (χ3v) is 6.94. The van der Waals surface area contributed by atoms with Crippen molar-refractivity contribution in [2.75, 3.05) is 13.1 Å². The van der Waals surface area contributed by atoms with Crippen molar-refractivity contribution in [1.82, 2.24) is 24.6 Å². The molecule has 6 rings (SSSR count). The van der Waals surface area contributed by atoms with E-state index in [1.807, 2.05) is 41.5 Å². The fourth-order valence-corrected chi connectivity index (χ4v) is 5.04. The van der Waals surface area contributed by atoms with Crippen LogP contribution in [0.2, 0.25) is 0 Å². The molecular formula is C30H28FN5.